The van der Waals surface area contributed by atoms with Gasteiger partial charge in [-0.3, -0.25) is 0 Å². The lowest BCUT2D eigenvalue weighted by atomic mass is 10.0. The summed E-state index contributed by atoms with van der Waals surface area (Å²) in [4.78, 5) is 19.6. The van der Waals surface area contributed by atoms with Crippen molar-refractivity contribution in [2.24, 2.45) is 0 Å². The fourth-order valence-corrected chi connectivity index (χ4v) is 3.35. The first-order chi connectivity index (χ1) is 13.0. The highest BCUT2D eigenvalue weighted by atomic mass is 35.5. The van der Waals surface area contributed by atoms with Gasteiger partial charge >= 0.3 is 5.97 Å². The van der Waals surface area contributed by atoms with E-state index in [-0.39, 0.29) is 12.4 Å². The molecule has 0 aliphatic rings. The zero-order chi connectivity index (χ0) is 19.4. The lowest BCUT2D eigenvalue weighted by molar-refractivity contribution is 0.0513. The smallest absolute Gasteiger partial charge is 0.374 e. The van der Waals surface area contributed by atoms with Crippen molar-refractivity contribution in [2.45, 2.75) is 19.8 Å². The Bertz CT molecular complexity index is 952. The quantitative estimate of drug-likeness (QED) is 0.495. The van der Waals surface area contributed by atoms with Gasteiger partial charge in [0.2, 0.25) is 5.82 Å². The molecule has 1 heterocycles. The minimum absolute atomic E-state index is 0.180. The summed E-state index contributed by atoms with van der Waals surface area (Å²) in [6.45, 7) is 2.04. The second-order valence-electron chi connectivity index (χ2n) is 5.88. The number of rotatable bonds is 6. The number of imidazole rings is 1. The highest BCUT2D eigenvalue weighted by Crippen LogP contribution is 2.27. The van der Waals surface area contributed by atoms with Gasteiger partial charge in [0.1, 0.15) is 0 Å². The van der Waals surface area contributed by atoms with Crippen molar-refractivity contribution in [1.29, 1.82) is 0 Å². The first kappa shape index (κ1) is 19.7. The first-order valence-corrected chi connectivity index (χ1v) is 9.57. The standard InChI is InChI=1S/C20H17Cl3N2O2/c1-2-27-20(26)19-24-17(10-6-12-3-9-15(22)11-16(12)23)18(25-19)13-4-7-14(21)8-5-13/h3-5,7-9,11H,2,6,10H2,1H3,(H,24,25). The van der Waals surface area contributed by atoms with Crippen LogP contribution >= 0.6 is 34.8 Å². The van der Waals surface area contributed by atoms with Crippen LogP contribution in [0.15, 0.2) is 42.5 Å². The Hall–Kier alpha value is -2.01. The van der Waals surface area contributed by atoms with Crippen LogP contribution in [-0.2, 0) is 17.6 Å². The lowest BCUT2D eigenvalue weighted by Crippen LogP contribution is -2.06. The van der Waals surface area contributed by atoms with Crippen molar-refractivity contribution >= 4 is 40.8 Å². The SMILES string of the molecule is CCOC(=O)c1nc(-c2ccc(Cl)cc2)c(CCc2ccc(Cl)cc2Cl)[nH]1. The summed E-state index contributed by atoms with van der Waals surface area (Å²) in [6, 6.07) is 12.7. The fourth-order valence-electron chi connectivity index (χ4n) is 2.72. The van der Waals surface area contributed by atoms with Crippen LogP contribution in [0.1, 0.15) is 28.8 Å². The summed E-state index contributed by atoms with van der Waals surface area (Å²) in [5.74, 6) is -0.303. The highest BCUT2D eigenvalue weighted by molar-refractivity contribution is 6.35. The highest BCUT2D eigenvalue weighted by Gasteiger charge is 2.18. The summed E-state index contributed by atoms with van der Waals surface area (Å²) in [5.41, 5.74) is 3.35. The predicted octanol–water partition coefficient (Wildman–Crippen LogP) is 6.00. The summed E-state index contributed by atoms with van der Waals surface area (Å²) in [6.07, 6.45) is 1.28. The molecule has 0 unspecified atom stereocenters. The van der Waals surface area contributed by atoms with Crippen LogP contribution in [-0.4, -0.2) is 22.5 Å². The predicted molar refractivity (Wildman–Crippen MR) is 109 cm³/mol. The minimum atomic E-state index is -0.483. The maximum Gasteiger partial charge on any atom is 0.374 e. The van der Waals surface area contributed by atoms with Crippen molar-refractivity contribution in [3.63, 3.8) is 0 Å². The molecule has 3 rings (SSSR count). The van der Waals surface area contributed by atoms with E-state index in [0.29, 0.717) is 33.6 Å². The van der Waals surface area contributed by atoms with Crippen LogP contribution in [0.2, 0.25) is 15.1 Å². The molecule has 2 aromatic carbocycles. The van der Waals surface area contributed by atoms with Crippen molar-refractivity contribution in [1.82, 2.24) is 9.97 Å². The monoisotopic (exact) mass is 422 g/mol. The summed E-state index contributed by atoms with van der Waals surface area (Å²) >= 11 is 18.2. The zero-order valence-corrected chi connectivity index (χ0v) is 16.8. The molecule has 0 atom stereocenters. The molecule has 0 amide bonds. The topological polar surface area (TPSA) is 55.0 Å². The van der Waals surface area contributed by atoms with Gasteiger partial charge in [-0.15, -0.1) is 0 Å². The Balaban J connectivity index is 1.91. The maximum absolute atomic E-state index is 12.1. The van der Waals surface area contributed by atoms with E-state index in [4.69, 9.17) is 39.5 Å². The second-order valence-corrected chi connectivity index (χ2v) is 7.16. The van der Waals surface area contributed by atoms with Crippen LogP contribution in [0.5, 0.6) is 0 Å². The molecule has 0 aliphatic heterocycles. The summed E-state index contributed by atoms with van der Waals surface area (Å²) in [5, 5.41) is 1.84. The van der Waals surface area contributed by atoms with Crippen molar-refractivity contribution < 1.29 is 9.53 Å². The van der Waals surface area contributed by atoms with Gasteiger partial charge in [0.15, 0.2) is 0 Å². The molecule has 3 aromatic rings. The van der Waals surface area contributed by atoms with E-state index in [1.54, 1.807) is 31.2 Å². The van der Waals surface area contributed by atoms with Crippen molar-refractivity contribution in [3.8, 4) is 11.3 Å². The van der Waals surface area contributed by atoms with Gasteiger partial charge < -0.3 is 9.72 Å². The van der Waals surface area contributed by atoms with Gasteiger partial charge in [-0.2, -0.15) is 0 Å². The Kier molecular flexibility index (Phi) is 6.42. The minimum Gasteiger partial charge on any atom is -0.460 e. The number of hydrogen-bond donors (Lipinski definition) is 1. The Morgan fingerprint density at radius 2 is 1.74 bits per heavy atom. The molecule has 7 heteroatoms. The van der Waals surface area contributed by atoms with E-state index in [2.05, 4.69) is 9.97 Å². The normalized spacial score (nSPS) is 10.8. The zero-order valence-electron chi connectivity index (χ0n) is 14.6. The Morgan fingerprint density at radius 3 is 2.41 bits per heavy atom. The van der Waals surface area contributed by atoms with Crippen LogP contribution in [0.25, 0.3) is 11.3 Å². The van der Waals surface area contributed by atoms with Crippen LogP contribution in [0.3, 0.4) is 0 Å². The van der Waals surface area contributed by atoms with E-state index < -0.39 is 5.97 Å². The van der Waals surface area contributed by atoms with E-state index in [9.17, 15) is 4.79 Å². The number of nitrogens with one attached hydrogen (secondary N) is 1. The number of H-pyrrole nitrogens is 1. The molecule has 140 valence electrons. The molecule has 27 heavy (non-hydrogen) atoms. The number of nitrogens with zero attached hydrogens (tertiary/aromatic N) is 1. The number of aromatic nitrogens is 2. The van der Waals surface area contributed by atoms with Crippen molar-refractivity contribution in [3.05, 3.63) is 74.6 Å². The van der Waals surface area contributed by atoms with Gasteiger partial charge in [-0.05, 0) is 49.6 Å². The van der Waals surface area contributed by atoms with Gasteiger partial charge in [-0.25, -0.2) is 9.78 Å². The van der Waals surface area contributed by atoms with Crippen LogP contribution < -0.4 is 0 Å². The van der Waals surface area contributed by atoms with Gasteiger partial charge in [0.25, 0.3) is 0 Å². The van der Waals surface area contributed by atoms with E-state index >= 15 is 0 Å². The average Bonchev–Trinajstić information content (AvgIpc) is 3.06. The third-order valence-electron chi connectivity index (χ3n) is 4.02. The van der Waals surface area contributed by atoms with Crippen molar-refractivity contribution in [2.75, 3.05) is 6.61 Å². The molecule has 0 radical (unpaired) electrons. The molecule has 0 saturated carbocycles. The molecular weight excluding hydrogens is 407 g/mol. The molecular formula is C20H17Cl3N2O2. The molecule has 0 saturated heterocycles. The van der Waals surface area contributed by atoms with Gasteiger partial charge in [-0.1, -0.05) is 53.0 Å². The number of carbonyl (C=O) groups excluding carboxylic acids is 1. The number of esters is 1. The number of aryl methyl sites for hydroxylation is 2. The molecule has 4 nitrogen and oxygen atoms in total. The first-order valence-electron chi connectivity index (χ1n) is 8.43. The Morgan fingerprint density at radius 1 is 1.04 bits per heavy atom. The molecule has 1 N–H and O–H groups in total. The third-order valence-corrected chi connectivity index (χ3v) is 4.86. The number of benzene rings is 2. The van der Waals surface area contributed by atoms with Crippen LogP contribution in [0, 0.1) is 0 Å². The number of carbonyl (C=O) groups is 1. The van der Waals surface area contributed by atoms with E-state index in [1.807, 2.05) is 18.2 Å². The van der Waals surface area contributed by atoms with E-state index in [1.165, 1.54) is 0 Å². The number of halogens is 3. The van der Waals surface area contributed by atoms with Gasteiger partial charge in [0, 0.05) is 26.3 Å². The maximum atomic E-state index is 12.1. The molecule has 0 aliphatic carbocycles. The molecule has 1 aromatic heterocycles. The number of hydrogen-bond acceptors (Lipinski definition) is 3. The Labute approximate surface area is 172 Å². The van der Waals surface area contributed by atoms with Gasteiger partial charge in [0.05, 0.1) is 12.3 Å². The summed E-state index contributed by atoms with van der Waals surface area (Å²) in [7, 11) is 0. The largest absolute Gasteiger partial charge is 0.460 e. The number of ether oxygens (including phenoxy) is 1. The number of aromatic amines is 1. The molecule has 0 spiro atoms. The average molecular weight is 424 g/mol. The second kappa shape index (κ2) is 8.79. The van der Waals surface area contributed by atoms with E-state index in [0.717, 1.165) is 16.8 Å². The fraction of sp³-hybridized carbons (Fsp3) is 0.200. The molecule has 0 fully saturated rings. The summed E-state index contributed by atoms with van der Waals surface area (Å²) < 4.78 is 5.06. The van der Waals surface area contributed by atoms with Crippen LogP contribution in [0.4, 0.5) is 0 Å². The third kappa shape index (κ3) is 4.83. The molecule has 0 bridgehead atoms. The lowest BCUT2D eigenvalue weighted by Gasteiger charge is -2.06.